The molecule has 4 heteroatoms. The fraction of sp³-hybridized carbons (Fsp3) is 0.833. The summed E-state index contributed by atoms with van der Waals surface area (Å²) >= 11 is 0. The zero-order chi connectivity index (χ0) is 7.28. The number of amides is 1. The zero-order valence-electron chi connectivity index (χ0n) is 6.46. The highest BCUT2D eigenvalue weighted by molar-refractivity contribution is 5.85. The maximum Gasteiger partial charge on any atom is 0.231 e. The van der Waals surface area contributed by atoms with E-state index in [1.807, 2.05) is 18.7 Å². The Balaban J connectivity index is 0. The van der Waals surface area contributed by atoms with Crippen molar-refractivity contribution in [3.05, 3.63) is 0 Å². The predicted octanol–water partition coefficient (Wildman–Crippen LogP) is 0.235. The fourth-order valence-electron chi connectivity index (χ4n) is 0.668. The first-order chi connectivity index (χ1) is 4.20. The molecule has 0 rings (SSSR count). The molecule has 2 N–H and O–H groups in total. The third kappa shape index (κ3) is 5.85. The molecule has 0 aliphatic heterocycles. The van der Waals surface area contributed by atoms with Crippen molar-refractivity contribution in [3.8, 4) is 0 Å². The summed E-state index contributed by atoms with van der Waals surface area (Å²) in [6, 6.07) is 0. The lowest BCUT2D eigenvalue weighted by Gasteiger charge is -2.14. The summed E-state index contributed by atoms with van der Waals surface area (Å²) in [5, 5.41) is 0. The van der Waals surface area contributed by atoms with Gasteiger partial charge in [-0.15, -0.1) is 12.4 Å². The van der Waals surface area contributed by atoms with Gasteiger partial charge in [0, 0.05) is 0 Å². The largest absolute Gasteiger partial charge is 0.369 e. The summed E-state index contributed by atoms with van der Waals surface area (Å²) in [6.45, 7) is 6.17. The SMILES string of the molecule is CCN(CC)CC(N)=O.Cl. The molecule has 0 atom stereocenters. The van der Waals surface area contributed by atoms with E-state index in [0.29, 0.717) is 6.54 Å². The minimum absolute atomic E-state index is 0. The lowest BCUT2D eigenvalue weighted by molar-refractivity contribution is -0.119. The second kappa shape index (κ2) is 6.83. The highest BCUT2D eigenvalue weighted by atomic mass is 35.5. The van der Waals surface area contributed by atoms with E-state index in [9.17, 15) is 4.79 Å². The standard InChI is InChI=1S/C6H14N2O.ClH/c1-3-8(4-2)5-6(7)9;/h3-5H2,1-2H3,(H2,7,9);1H. The number of halogens is 1. The topological polar surface area (TPSA) is 46.3 Å². The quantitative estimate of drug-likeness (QED) is 0.650. The van der Waals surface area contributed by atoms with Crippen molar-refractivity contribution >= 4 is 18.3 Å². The number of likely N-dealkylation sites (N-methyl/N-ethyl adjacent to an activating group) is 1. The van der Waals surface area contributed by atoms with Gasteiger partial charge in [-0.2, -0.15) is 0 Å². The molecule has 10 heavy (non-hydrogen) atoms. The monoisotopic (exact) mass is 166 g/mol. The van der Waals surface area contributed by atoms with Crippen molar-refractivity contribution < 1.29 is 4.79 Å². The maximum absolute atomic E-state index is 10.3. The van der Waals surface area contributed by atoms with Crippen molar-refractivity contribution in [1.29, 1.82) is 0 Å². The molecule has 0 aromatic carbocycles. The van der Waals surface area contributed by atoms with Crippen LogP contribution in [0.5, 0.6) is 0 Å². The number of nitrogens with two attached hydrogens (primary N) is 1. The summed E-state index contributed by atoms with van der Waals surface area (Å²) in [4.78, 5) is 12.3. The van der Waals surface area contributed by atoms with E-state index in [2.05, 4.69) is 0 Å². The number of primary amides is 1. The number of rotatable bonds is 4. The Morgan fingerprint density at radius 1 is 1.40 bits per heavy atom. The van der Waals surface area contributed by atoms with Crippen molar-refractivity contribution in [3.63, 3.8) is 0 Å². The molecule has 0 radical (unpaired) electrons. The molecule has 0 heterocycles. The van der Waals surface area contributed by atoms with Crippen LogP contribution in [0.2, 0.25) is 0 Å². The molecular formula is C6H15ClN2O. The van der Waals surface area contributed by atoms with Gasteiger partial charge in [-0.05, 0) is 13.1 Å². The number of nitrogens with zero attached hydrogens (tertiary/aromatic N) is 1. The van der Waals surface area contributed by atoms with Crippen LogP contribution in [0.25, 0.3) is 0 Å². The van der Waals surface area contributed by atoms with Crippen molar-refractivity contribution in [1.82, 2.24) is 4.90 Å². The van der Waals surface area contributed by atoms with E-state index in [0.717, 1.165) is 13.1 Å². The van der Waals surface area contributed by atoms with Crippen LogP contribution in [0.1, 0.15) is 13.8 Å². The van der Waals surface area contributed by atoms with Crippen LogP contribution in [-0.2, 0) is 4.79 Å². The van der Waals surface area contributed by atoms with Gasteiger partial charge in [-0.3, -0.25) is 9.69 Å². The van der Waals surface area contributed by atoms with Crippen molar-refractivity contribution in [2.75, 3.05) is 19.6 Å². The normalized spacial score (nSPS) is 9.10. The van der Waals surface area contributed by atoms with E-state index >= 15 is 0 Å². The minimum Gasteiger partial charge on any atom is -0.369 e. The Kier molecular flexibility index (Phi) is 8.48. The van der Waals surface area contributed by atoms with E-state index < -0.39 is 0 Å². The Bertz CT molecular complexity index is 93.7. The van der Waals surface area contributed by atoms with Gasteiger partial charge >= 0.3 is 0 Å². The molecule has 0 unspecified atom stereocenters. The third-order valence-electron chi connectivity index (χ3n) is 1.27. The molecule has 0 aliphatic carbocycles. The number of carbonyl (C=O) groups is 1. The molecule has 1 amide bonds. The third-order valence-corrected chi connectivity index (χ3v) is 1.27. The Hall–Kier alpha value is -0.280. The Morgan fingerprint density at radius 2 is 1.80 bits per heavy atom. The molecule has 0 fully saturated rings. The molecule has 62 valence electrons. The van der Waals surface area contributed by atoms with Crippen LogP contribution in [0.15, 0.2) is 0 Å². The second-order valence-electron chi connectivity index (χ2n) is 1.93. The molecule has 3 nitrogen and oxygen atoms in total. The van der Waals surface area contributed by atoms with Crippen LogP contribution in [0.4, 0.5) is 0 Å². The minimum atomic E-state index is -0.251. The summed E-state index contributed by atoms with van der Waals surface area (Å²) in [6.07, 6.45) is 0. The fourth-order valence-corrected chi connectivity index (χ4v) is 0.668. The Morgan fingerprint density at radius 3 is 1.90 bits per heavy atom. The summed E-state index contributed by atoms with van der Waals surface area (Å²) in [5.74, 6) is -0.251. The zero-order valence-corrected chi connectivity index (χ0v) is 7.28. The number of carbonyl (C=O) groups excluding carboxylic acids is 1. The van der Waals surface area contributed by atoms with Crippen LogP contribution in [0.3, 0.4) is 0 Å². The molecule has 0 spiro atoms. The van der Waals surface area contributed by atoms with E-state index in [1.165, 1.54) is 0 Å². The van der Waals surface area contributed by atoms with E-state index in [4.69, 9.17) is 5.73 Å². The van der Waals surface area contributed by atoms with Crippen molar-refractivity contribution in [2.45, 2.75) is 13.8 Å². The molecule has 0 aromatic rings. The average Bonchev–Trinajstić information content (AvgIpc) is 1.82. The molecular weight excluding hydrogens is 152 g/mol. The summed E-state index contributed by atoms with van der Waals surface area (Å²) < 4.78 is 0. The molecule has 0 saturated carbocycles. The highest BCUT2D eigenvalue weighted by Crippen LogP contribution is 1.82. The number of hydrogen-bond donors (Lipinski definition) is 1. The Labute approximate surface area is 68.0 Å². The van der Waals surface area contributed by atoms with Gasteiger partial charge in [0.25, 0.3) is 0 Å². The van der Waals surface area contributed by atoms with Gasteiger partial charge in [0.1, 0.15) is 0 Å². The van der Waals surface area contributed by atoms with Gasteiger partial charge in [-0.1, -0.05) is 13.8 Å². The highest BCUT2D eigenvalue weighted by Gasteiger charge is 2.00. The van der Waals surface area contributed by atoms with Crippen molar-refractivity contribution in [2.24, 2.45) is 5.73 Å². The van der Waals surface area contributed by atoms with Gasteiger partial charge in [0.15, 0.2) is 0 Å². The first kappa shape index (κ1) is 12.4. The van der Waals surface area contributed by atoms with Crippen LogP contribution < -0.4 is 5.73 Å². The average molecular weight is 167 g/mol. The number of hydrogen-bond acceptors (Lipinski definition) is 2. The van der Waals surface area contributed by atoms with Crippen LogP contribution in [-0.4, -0.2) is 30.4 Å². The molecule has 0 aromatic heterocycles. The summed E-state index contributed by atoms with van der Waals surface area (Å²) in [7, 11) is 0. The molecule has 0 saturated heterocycles. The van der Waals surface area contributed by atoms with E-state index in [1.54, 1.807) is 0 Å². The first-order valence-electron chi connectivity index (χ1n) is 3.21. The second-order valence-corrected chi connectivity index (χ2v) is 1.93. The lowest BCUT2D eigenvalue weighted by Crippen LogP contribution is -2.33. The van der Waals surface area contributed by atoms with Gasteiger partial charge in [0.2, 0.25) is 5.91 Å². The van der Waals surface area contributed by atoms with Gasteiger partial charge in [0.05, 0.1) is 6.54 Å². The van der Waals surface area contributed by atoms with Gasteiger partial charge in [-0.25, -0.2) is 0 Å². The van der Waals surface area contributed by atoms with Crippen LogP contribution >= 0.6 is 12.4 Å². The molecule has 0 aliphatic rings. The van der Waals surface area contributed by atoms with Crippen LogP contribution in [0, 0.1) is 0 Å². The first-order valence-corrected chi connectivity index (χ1v) is 3.21. The maximum atomic E-state index is 10.3. The van der Waals surface area contributed by atoms with E-state index in [-0.39, 0.29) is 18.3 Å². The lowest BCUT2D eigenvalue weighted by atomic mass is 10.5. The van der Waals surface area contributed by atoms with Gasteiger partial charge < -0.3 is 5.73 Å². The smallest absolute Gasteiger partial charge is 0.231 e. The molecule has 0 bridgehead atoms. The predicted molar refractivity (Wildman–Crippen MR) is 44.2 cm³/mol. The summed E-state index contributed by atoms with van der Waals surface area (Å²) in [5.41, 5.74) is 4.96.